The molecule has 0 unspecified atom stereocenters. The molecule has 3 rings (SSSR count). The van der Waals surface area contributed by atoms with Crippen molar-refractivity contribution in [2.24, 2.45) is 23.7 Å². The molecule has 0 atom stereocenters. The van der Waals surface area contributed by atoms with E-state index in [0.717, 1.165) is 55.6 Å². The van der Waals surface area contributed by atoms with Crippen LogP contribution < -0.4 is 4.74 Å². The number of carbonyl (C=O) groups excluding carboxylic acids is 1. The quantitative estimate of drug-likeness (QED) is 0.434. The van der Waals surface area contributed by atoms with Crippen molar-refractivity contribution in [2.75, 3.05) is 0 Å². The zero-order chi connectivity index (χ0) is 18.7. The molecule has 5 heteroatoms. The van der Waals surface area contributed by atoms with E-state index in [9.17, 15) is 13.6 Å². The van der Waals surface area contributed by atoms with Crippen LogP contribution in [0.1, 0.15) is 56.9 Å². The molecule has 0 spiro atoms. The zero-order valence-electron chi connectivity index (χ0n) is 15.9. The van der Waals surface area contributed by atoms with Gasteiger partial charge in [0.2, 0.25) is 0 Å². The number of carbonyl (C=O) groups is 1. The van der Waals surface area contributed by atoms with Crippen LogP contribution in [0.3, 0.4) is 0 Å². The maximum absolute atomic E-state index is 13.6. The largest absolute Gasteiger partial charge is 0.426 e. The van der Waals surface area contributed by atoms with E-state index in [2.05, 4.69) is 0 Å². The Hall–Kier alpha value is -1.23. The molecule has 0 amide bonds. The Balaban J connectivity index is 1.49. The minimum absolute atomic E-state index is 0.0286. The number of hydrogen-bond donors (Lipinski definition) is 0. The Morgan fingerprint density at radius 3 is 2.00 bits per heavy atom. The maximum Gasteiger partial charge on any atom is 0.314 e. The highest BCUT2D eigenvalue weighted by Crippen LogP contribution is 2.42. The first-order valence-corrected chi connectivity index (χ1v) is 11.6. The Morgan fingerprint density at radius 2 is 1.50 bits per heavy atom. The van der Waals surface area contributed by atoms with Gasteiger partial charge in [0.05, 0.1) is 5.92 Å². The molecule has 0 radical (unpaired) electrons. The van der Waals surface area contributed by atoms with E-state index >= 15 is 0 Å². The second kappa shape index (κ2) is 8.64. The first-order chi connectivity index (χ1) is 12.5. The lowest BCUT2D eigenvalue weighted by Crippen LogP contribution is -2.30. The van der Waals surface area contributed by atoms with Gasteiger partial charge in [0, 0.05) is 27.9 Å². The molecule has 144 valence electrons. The van der Waals surface area contributed by atoms with Gasteiger partial charge in [-0.1, -0.05) is 18.9 Å². The smallest absolute Gasteiger partial charge is 0.314 e. The summed E-state index contributed by atoms with van der Waals surface area (Å²) in [6, 6.07) is 3.62. The molecule has 2 aliphatic carbocycles. The van der Waals surface area contributed by atoms with Crippen molar-refractivity contribution in [3.63, 3.8) is 0 Å². The van der Waals surface area contributed by atoms with Crippen molar-refractivity contribution in [1.82, 2.24) is 0 Å². The van der Waals surface area contributed by atoms with Gasteiger partial charge >= 0.3 is 5.97 Å². The molecule has 2 fully saturated rings. The van der Waals surface area contributed by atoms with Crippen molar-refractivity contribution < 1.29 is 18.3 Å². The molecule has 1 aromatic carbocycles. The van der Waals surface area contributed by atoms with Gasteiger partial charge in [-0.05, 0) is 63.2 Å². The highest BCUT2D eigenvalue weighted by atomic mass is 28.1. The van der Waals surface area contributed by atoms with Crippen LogP contribution in [-0.2, 0) is 4.79 Å². The monoisotopic (exact) mass is 380 g/mol. The molecule has 2 aliphatic rings. The topological polar surface area (TPSA) is 26.3 Å². The third kappa shape index (κ3) is 4.54. The second-order valence-corrected chi connectivity index (χ2v) is 9.05. The van der Waals surface area contributed by atoms with Crippen molar-refractivity contribution >= 4 is 16.2 Å². The van der Waals surface area contributed by atoms with Gasteiger partial charge in [0.1, 0.15) is 17.4 Å². The van der Waals surface area contributed by atoms with E-state index < -0.39 is 11.6 Å². The van der Waals surface area contributed by atoms with E-state index in [1.54, 1.807) is 0 Å². The fraction of sp³-hybridized carbons (Fsp3) is 0.667. The second-order valence-electron chi connectivity index (χ2n) is 8.23. The summed E-state index contributed by atoms with van der Waals surface area (Å²) in [4.78, 5) is 12.4. The lowest BCUT2D eigenvalue weighted by Gasteiger charge is -2.37. The fourth-order valence-corrected chi connectivity index (χ4v) is 5.59. The lowest BCUT2D eigenvalue weighted by atomic mass is 9.69. The third-order valence-electron chi connectivity index (χ3n) is 6.71. The first kappa shape index (κ1) is 19.5. The molecule has 0 aromatic heterocycles. The van der Waals surface area contributed by atoms with Crippen LogP contribution in [0, 0.1) is 42.2 Å². The summed E-state index contributed by atoms with van der Waals surface area (Å²) in [5.74, 6) is 0.671. The van der Waals surface area contributed by atoms with Crippen LogP contribution in [-0.4, -0.2) is 16.2 Å². The van der Waals surface area contributed by atoms with Crippen LogP contribution in [0.25, 0.3) is 0 Å². The van der Waals surface area contributed by atoms with Gasteiger partial charge < -0.3 is 4.74 Å². The van der Waals surface area contributed by atoms with Crippen molar-refractivity contribution in [2.45, 2.75) is 64.3 Å². The Kier molecular flexibility index (Phi) is 6.49. The van der Waals surface area contributed by atoms with Gasteiger partial charge in [0.15, 0.2) is 0 Å². The van der Waals surface area contributed by atoms with Crippen LogP contribution >= 0.6 is 0 Å². The highest BCUT2D eigenvalue weighted by Gasteiger charge is 2.33. The van der Waals surface area contributed by atoms with Gasteiger partial charge in [-0.25, -0.2) is 8.78 Å². The highest BCUT2D eigenvalue weighted by molar-refractivity contribution is 6.08. The Labute approximate surface area is 158 Å². The summed E-state index contributed by atoms with van der Waals surface area (Å²) >= 11 is 0. The number of benzene rings is 1. The fourth-order valence-electron chi connectivity index (χ4n) is 4.77. The third-order valence-corrected chi connectivity index (χ3v) is 7.87. The number of halogens is 2. The van der Waals surface area contributed by atoms with Crippen LogP contribution in [0.15, 0.2) is 12.1 Å². The first-order valence-electron chi connectivity index (χ1n) is 10.1. The zero-order valence-corrected chi connectivity index (χ0v) is 17.9. The molecule has 26 heavy (non-hydrogen) atoms. The minimum atomic E-state index is -0.679. The van der Waals surface area contributed by atoms with E-state index in [4.69, 9.17) is 4.74 Å². The Bertz CT molecular complexity index is 610. The maximum atomic E-state index is 13.6. The summed E-state index contributed by atoms with van der Waals surface area (Å²) in [5.41, 5.74) is -0.0505. The minimum Gasteiger partial charge on any atom is -0.426 e. The molecular formula is C21H30F2O2Si. The summed E-state index contributed by atoms with van der Waals surface area (Å²) < 4.78 is 32.5. The van der Waals surface area contributed by atoms with E-state index in [0.29, 0.717) is 0 Å². The molecule has 0 bridgehead atoms. The average Bonchev–Trinajstić information content (AvgIpc) is 2.66. The molecule has 2 nitrogen and oxygen atoms in total. The molecule has 0 saturated heterocycles. The van der Waals surface area contributed by atoms with E-state index in [1.807, 2.05) is 0 Å². The van der Waals surface area contributed by atoms with Crippen molar-refractivity contribution in [3.05, 3.63) is 29.3 Å². The number of esters is 1. The van der Waals surface area contributed by atoms with Gasteiger partial charge in [0.25, 0.3) is 0 Å². The molecule has 1 aromatic rings. The number of hydrogen-bond acceptors (Lipinski definition) is 2. The summed E-state index contributed by atoms with van der Waals surface area (Å²) in [7, 11) is 1.32. The molecule has 0 aliphatic heterocycles. The molecular weight excluding hydrogens is 350 g/mol. The number of rotatable bonds is 4. The average molecular weight is 381 g/mol. The summed E-state index contributed by atoms with van der Waals surface area (Å²) in [6.45, 7) is 1.37. The van der Waals surface area contributed by atoms with E-state index in [-0.39, 0.29) is 23.2 Å². The van der Waals surface area contributed by atoms with Crippen LogP contribution in [0.2, 0.25) is 6.04 Å². The van der Waals surface area contributed by atoms with Gasteiger partial charge in [-0.3, -0.25) is 4.79 Å². The van der Waals surface area contributed by atoms with Crippen LogP contribution in [0.4, 0.5) is 8.78 Å². The van der Waals surface area contributed by atoms with E-state index in [1.165, 1.54) is 48.9 Å². The normalized spacial score (nSPS) is 29.5. The predicted molar refractivity (Wildman–Crippen MR) is 102 cm³/mol. The Morgan fingerprint density at radius 1 is 1.00 bits per heavy atom. The molecule has 2 saturated carbocycles. The lowest BCUT2D eigenvalue weighted by molar-refractivity contribution is -0.140. The van der Waals surface area contributed by atoms with Crippen molar-refractivity contribution in [3.8, 4) is 5.75 Å². The van der Waals surface area contributed by atoms with Crippen molar-refractivity contribution in [1.29, 1.82) is 0 Å². The SMILES string of the molecule is Cc1c(F)cc(OC(=O)C2CCC(C3CCC(C[SiH3])CC3)CC2)cc1F. The summed E-state index contributed by atoms with van der Waals surface area (Å²) in [6.07, 6.45) is 9.31. The predicted octanol–water partition coefficient (Wildman–Crippen LogP) is 4.58. The van der Waals surface area contributed by atoms with Gasteiger partial charge in [-0.15, -0.1) is 0 Å². The van der Waals surface area contributed by atoms with Gasteiger partial charge in [-0.2, -0.15) is 0 Å². The standard InChI is InChI=1S/C21H30F2O2Si/c1-13-19(22)10-18(11-20(13)23)25-21(24)17-8-6-16(7-9-17)15-4-2-14(12-26)3-5-15/h10-11,14-17H,2-9,12H2,1,26H3. The number of ether oxygens (including phenoxy) is 1. The van der Waals surface area contributed by atoms with Crippen LogP contribution in [0.5, 0.6) is 5.75 Å². The molecule has 0 N–H and O–H groups in total. The molecule has 0 heterocycles. The summed E-state index contributed by atoms with van der Waals surface area (Å²) in [5, 5.41) is 0.